The highest BCUT2D eigenvalue weighted by molar-refractivity contribution is 6.31. The fourth-order valence-corrected chi connectivity index (χ4v) is 3.46. The van der Waals surface area contributed by atoms with Crippen LogP contribution >= 0.6 is 11.6 Å². The van der Waals surface area contributed by atoms with Crippen LogP contribution in [0.4, 0.5) is 5.69 Å². The van der Waals surface area contributed by atoms with Crippen molar-refractivity contribution in [1.29, 1.82) is 0 Å². The lowest BCUT2D eigenvalue weighted by atomic mass is 9.95. The molecule has 0 saturated carbocycles. The van der Waals surface area contributed by atoms with Gasteiger partial charge in [-0.2, -0.15) is 0 Å². The van der Waals surface area contributed by atoms with Crippen molar-refractivity contribution in [2.24, 2.45) is 16.6 Å². The number of hydrogen-bond donors (Lipinski definition) is 3. The summed E-state index contributed by atoms with van der Waals surface area (Å²) in [6.07, 6.45) is 2.70. The van der Waals surface area contributed by atoms with Crippen LogP contribution in [-0.2, 0) is 9.59 Å². The van der Waals surface area contributed by atoms with Crippen LogP contribution < -0.4 is 16.4 Å². The fourth-order valence-electron chi connectivity index (χ4n) is 3.28. The number of carbonyl (C=O) groups excluding carboxylic acids is 2. The van der Waals surface area contributed by atoms with Crippen LogP contribution in [0.1, 0.15) is 31.2 Å². The molecule has 1 unspecified atom stereocenters. The van der Waals surface area contributed by atoms with Gasteiger partial charge in [0.05, 0.1) is 0 Å². The fraction of sp³-hybridized carbons (Fsp3) is 0.526. The molecule has 8 heteroatoms. The third-order valence-corrected chi connectivity index (χ3v) is 5.11. The number of amides is 2. The zero-order valence-electron chi connectivity index (χ0n) is 15.9. The Hall–Kier alpha value is -2.28. The summed E-state index contributed by atoms with van der Waals surface area (Å²) in [5.74, 6) is 0.645. The lowest BCUT2D eigenvalue weighted by Crippen LogP contribution is -2.47. The summed E-state index contributed by atoms with van der Waals surface area (Å²) in [5.41, 5.74) is 6.89. The van der Waals surface area contributed by atoms with Gasteiger partial charge in [0, 0.05) is 50.2 Å². The maximum Gasteiger partial charge on any atom is 0.226 e. The largest absolute Gasteiger partial charge is 0.370 e. The summed E-state index contributed by atoms with van der Waals surface area (Å²) in [6, 6.07) is 5.43. The number of likely N-dealkylation sites (tertiary alicyclic amines) is 1. The molecule has 4 N–H and O–H groups in total. The van der Waals surface area contributed by atoms with Gasteiger partial charge in [0.25, 0.3) is 0 Å². The van der Waals surface area contributed by atoms with Gasteiger partial charge in [-0.3, -0.25) is 14.6 Å². The summed E-state index contributed by atoms with van der Waals surface area (Å²) in [5, 5.41) is 6.74. The molecule has 7 nitrogen and oxygen atoms in total. The van der Waals surface area contributed by atoms with Gasteiger partial charge >= 0.3 is 0 Å². The van der Waals surface area contributed by atoms with Crippen molar-refractivity contribution in [2.75, 3.05) is 32.0 Å². The average molecular weight is 394 g/mol. The van der Waals surface area contributed by atoms with Crippen LogP contribution in [-0.4, -0.2) is 49.4 Å². The molecule has 1 heterocycles. The number of primary amides is 1. The summed E-state index contributed by atoms with van der Waals surface area (Å²) in [6.45, 7) is 3.96. The normalized spacial score (nSPS) is 17.5. The van der Waals surface area contributed by atoms with Crippen molar-refractivity contribution in [1.82, 2.24) is 10.2 Å². The quantitative estimate of drug-likeness (QED) is 0.509. The van der Waals surface area contributed by atoms with Crippen LogP contribution in [0.25, 0.3) is 0 Å². The lowest BCUT2D eigenvalue weighted by molar-refractivity contribution is -0.119. The van der Waals surface area contributed by atoms with Crippen molar-refractivity contribution in [3.05, 3.63) is 28.8 Å². The average Bonchev–Trinajstić information content (AvgIpc) is 2.62. The second-order valence-corrected chi connectivity index (χ2v) is 7.22. The highest BCUT2D eigenvalue weighted by Gasteiger charge is 2.23. The molecule has 2 rings (SSSR count). The monoisotopic (exact) mass is 393 g/mol. The zero-order valence-corrected chi connectivity index (χ0v) is 16.7. The minimum Gasteiger partial charge on any atom is -0.370 e. The highest BCUT2D eigenvalue weighted by Crippen LogP contribution is 2.23. The van der Waals surface area contributed by atoms with E-state index in [1.54, 1.807) is 13.1 Å². The van der Waals surface area contributed by atoms with Crippen molar-refractivity contribution < 1.29 is 9.59 Å². The van der Waals surface area contributed by atoms with E-state index >= 15 is 0 Å². The number of guanidine groups is 1. The Morgan fingerprint density at radius 1 is 1.41 bits per heavy atom. The first-order chi connectivity index (χ1) is 12.9. The Labute approximate surface area is 165 Å². The molecule has 1 atom stereocenters. The smallest absolute Gasteiger partial charge is 0.226 e. The number of rotatable bonds is 6. The molecule has 1 aromatic carbocycles. The van der Waals surface area contributed by atoms with Gasteiger partial charge in [-0.1, -0.05) is 17.7 Å². The number of nitrogens with zero attached hydrogens (tertiary/aromatic N) is 2. The number of halogens is 1. The molecule has 0 aliphatic carbocycles. The molecular weight excluding hydrogens is 366 g/mol. The van der Waals surface area contributed by atoms with Gasteiger partial charge in [-0.15, -0.1) is 0 Å². The summed E-state index contributed by atoms with van der Waals surface area (Å²) >= 11 is 6.08. The van der Waals surface area contributed by atoms with Crippen molar-refractivity contribution in [2.45, 2.75) is 32.6 Å². The number of benzene rings is 1. The molecule has 1 aromatic rings. The van der Waals surface area contributed by atoms with Crippen molar-refractivity contribution >= 4 is 35.1 Å². The number of nitrogens with two attached hydrogens (primary N) is 1. The zero-order chi connectivity index (χ0) is 19.8. The first-order valence-corrected chi connectivity index (χ1v) is 9.57. The van der Waals surface area contributed by atoms with Crippen LogP contribution in [0.15, 0.2) is 23.2 Å². The van der Waals surface area contributed by atoms with Crippen LogP contribution in [0.5, 0.6) is 0 Å². The Morgan fingerprint density at radius 2 is 2.19 bits per heavy atom. The molecule has 0 aromatic heterocycles. The Balaban J connectivity index is 1.81. The van der Waals surface area contributed by atoms with E-state index in [-0.39, 0.29) is 17.7 Å². The molecule has 0 bridgehead atoms. The van der Waals surface area contributed by atoms with E-state index in [2.05, 4.69) is 20.5 Å². The first kappa shape index (κ1) is 21.0. The standard InChI is InChI=1S/C19H28ClN5O2/c1-13-15(20)6-3-7-16(13)24-18(27)8-9-23-19(22-2)25-10-4-5-14(12-25)11-17(21)26/h3,6-7,14H,4-5,8-12H2,1-2H3,(H2,21,26)(H,22,23)(H,24,27). The molecule has 27 heavy (non-hydrogen) atoms. The molecule has 0 spiro atoms. The minimum absolute atomic E-state index is 0.0893. The molecule has 0 radical (unpaired) electrons. The Bertz CT molecular complexity index is 707. The summed E-state index contributed by atoms with van der Waals surface area (Å²) in [7, 11) is 1.72. The minimum atomic E-state index is -0.266. The maximum atomic E-state index is 12.2. The second-order valence-electron chi connectivity index (χ2n) is 6.81. The summed E-state index contributed by atoms with van der Waals surface area (Å²) in [4.78, 5) is 29.8. The molecule has 1 saturated heterocycles. The molecule has 2 amide bonds. The van der Waals surface area contributed by atoms with Crippen molar-refractivity contribution in [3.63, 3.8) is 0 Å². The molecule has 1 aliphatic rings. The van der Waals surface area contributed by atoms with Gasteiger partial charge < -0.3 is 21.3 Å². The summed E-state index contributed by atoms with van der Waals surface area (Å²) < 4.78 is 0. The second kappa shape index (κ2) is 10.2. The van der Waals surface area contributed by atoms with Gasteiger partial charge in [-0.05, 0) is 43.4 Å². The van der Waals surface area contributed by atoms with E-state index < -0.39 is 0 Å². The number of aliphatic imine (C=N–C) groups is 1. The predicted molar refractivity (Wildman–Crippen MR) is 109 cm³/mol. The molecule has 1 aliphatic heterocycles. The third kappa shape index (κ3) is 6.43. The van der Waals surface area contributed by atoms with Gasteiger partial charge in [0.15, 0.2) is 5.96 Å². The van der Waals surface area contributed by atoms with Crippen LogP contribution in [0, 0.1) is 12.8 Å². The van der Waals surface area contributed by atoms with E-state index in [9.17, 15) is 9.59 Å². The van der Waals surface area contributed by atoms with Crippen LogP contribution in [0.3, 0.4) is 0 Å². The van der Waals surface area contributed by atoms with E-state index in [1.807, 2.05) is 19.1 Å². The number of anilines is 1. The lowest BCUT2D eigenvalue weighted by Gasteiger charge is -2.34. The van der Waals surface area contributed by atoms with Crippen molar-refractivity contribution in [3.8, 4) is 0 Å². The Kier molecular flexibility index (Phi) is 7.91. The number of piperidine rings is 1. The van der Waals surface area contributed by atoms with Gasteiger partial charge in [-0.25, -0.2) is 0 Å². The SMILES string of the molecule is CN=C(NCCC(=O)Nc1cccc(Cl)c1C)N1CCCC(CC(N)=O)C1. The number of carbonyl (C=O) groups is 2. The molecular formula is C19H28ClN5O2. The van der Waals surface area contributed by atoms with Gasteiger partial charge in [0.2, 0.25) is 11.8 Å². The van der Waals surface area contributed by atoms with E-state index in [0.717, 1.165) is 43.1 Å². The number of nitrogens with one attached hydrogen (secondary N) is 2. The number of hydrogen-bond acceptors (Lipinski definition) is 3. The van der Waals surface area contributed by atoms with E-state index in [4.69, 9.17) is 17.3 Å². The first-order valence-electron chi connectivity index (χ1n) is 9.19. The Morgan fingerprint density at radius 3 is 2.89 bits per heavy atom. The van der Waals surface area contributed by atoms with E-state index in [0.29, 0.717) is 24.4 Å². The maximum absolute atomic E-state index is 12.2. The molecule has 148 valence electrons. The van der Waals surface area contributed by atoms with Gasteiger partial charge in [0.1, 0.15) is 0 Å². The van der Waals surface area contributed by atoms with E-state index in [1.165, 1.54) is 0 Å². The van der Waals surface area contributed by atoms with Crippen LogP contribution in [0.2, 0.25) is 5.02 Å². The highest BCUT2D eigenvalue weighted by atomic mass is 35.5. The topological polar surface area (TPSA) is 99.8 Å². The predicted octanol–water partition coefficient (Wildman–Crippen LogP) is 2.14. The molecule has 1 fully saturated rings. The third-order valence-electron chi connectivity index (χ3n) is 4.70.